The normalized spacial score (nSPS) is 14.3. The predicted octanol–water partition coefficient (Wildman–Crippen LogP) is 2.20. The Morgan fingerprint density at radius 1 is 1.36 bits per heavy atom. The lowest BCUT2D eigenvalue weighted by Gasteiger charge is -2.20. The van der Waals surface area contributed by atoms with Gasteiger partial charge in [0.05, 0.1) is 12.2 Å². The Bertz CT molecular complexity index is 876. The molecule has 0 saturated heterocycles. The van der Waals surface area contributed by atoms with Crippen LogP contribution in [0.1, 0.15) is 46.7 Å². The van der Waals surface area contributed by atoms with Crippen LogP contribution < -0.4 is 10.6 Å². The molecule has 2 aromatic rings. The molecule has 28 heavy (non-hydrogen) atoms. The minimum absolute atomic E-state index is 0.129. The number of rotatable bonds is 4. The summed E-state index contributed by atoms with van der Waals surface area (Å²) in [6.45, 7) is 7.23. The maximum absolute atomic E-state index is 12.6. The third kappa shape index (κ3) is 5.23. The van der Waals surface area contributed by atoms with Crippen molar-refractivity contribution < 1.29 is 14.3 Å². The van der Waals surface area contributed by atoms with E-state index in [0.717, 1.165) is 30.1 Å². The molecule has 0 atom stereocenters. The van der Waals surface area contributed by atoms with Gasteiger partial charge in [-0.05, 0) is 27.8 Å². The van der Waals surface area contributed by atoms with Gasteiger partial charge in [-0.3, -0.25) is 4.79 Å². The van der Waals surface area contributed by atoms with Crippen molar-refractivity contribution in [3.63, 3.8) is 0 Å². The molecule has 0 fully saturated rings. The van der Waals surface area contributed by atoms with Gasteiger partial charge in [0.1, 0.15) is 17.7 Å². The molecule has 0 bridgehead atoms. The minimum Gasteiger partial charge on any atom is -0.444 e. The maximum Gasteiger partial charge on any atom is 0.407 e. The number of amides is 2. The quantitative estimate of drug-likeness (QED) is 0.804. The van der Waals surface area contributed by atoms with Crippen molar-refractivity contribution in [3.8, 4) is 0 Å². The number of hydrogen-bond acceptors (Lipinski definition) is 8. The van der Waals surface area contributed by atoms with Gasteiger partial charge in [-0.25, -0.2) is 19.7 Å². The van der Waals surface area contributed by atoms with Crippen LogP contribution in [0.4, 0.5) is 10.6 Å². The van der Waals surface area contributed by atoms with Gasteiger partial charge in [0.15, 0.2) is 5.01 Å². The Labute approximate surface area is 167 Å². The zero-order chi connectivity index (χ0) is 20.3. The fraction of sp³-hybridized carbons (Fsp3) is 0.500. The Hall–Kier alpha value is -2.59. The number of carbonyl (C=O) groups is 2. The summed E-state index contributed by atoms with van der Waals surface area (Å²) in [6.07, 6.45) is 3.18. The molecule has 0 unspecified atom stereocenters. The van der Waals surface area contributed by atoms with Crippen LogP contribution in [-0.2, 0) is 24.2 Å². The number of fused-ring (bicyclic) bond motifs is 1. The van der Waals surface area contributed by atoms with E-state index in [2.05, 4.69) is 30.5 Å². The number of nitrogens with zero attached hydrogens (tertiary/aromatic N) is 4. The number of ether oxygens (including phenoxy) is 1. The third-order valence-electron chi connectivity index (χ3n) is 3.96. The molecule has 0 aliphatic carbocycles. The van der Waals surface area contributed by atoms with Crippen molar-refractivity contribution in [3.05, 3.63) is 33.7 Å². The Balaban J connectivity index is 1.66. The molecule has 0 radical (unpaired) electrons. The van der Waals surface area contributed by atoms with Gasteiger partial charge in [0, 0.05) is 36.1 Å². The molecular weight excluding hydrogens is 380 g/mol. The largest absolute Gasteiger partial charge is 0.444 e. The van der Waals surface area contributed by atoms with Crippen LogP contribution in [0.3, 0.4) is 0 Å². The molecule has 1 aliphatic rings. The van der Waals surface area contributed by atoms with Gasteiger partial charge in [0.2, 0.25) is 0 Å². The number of aromatic nitrogens is 3. The second-order valence-corrected chi connectivity index (χ2v) is 8.67. The van der Waals surface area contributed by atoms with E-state index < -0.39 is 11.7 Å². The highest BCUT2D eigenvalue weighted by Crippen LogP contribution is 2.25. The first-order valence-corrected chi connectivity index (χ1v) is 9.77. The zero-order valence-corrected chi connectivity index (χ0v) is 17.2. The summed E-state index contributed by atoms with van der Waals surface area (Å²) in [5.74, 6) is 0.0145. The molecule has 0 aromatic carbocycles. The van der Waals surface area contributed by atoms with Gasteiger partial charge in [-0.2, -0.15) is 0 Å². The molecule has 0 saturated carbocycles. The number of anilines is 1. The standard InChI is InChI=1S/C18H24N6O3S/c1-18(2,3)27-17(26)20-8-11-7-19-10-21-14(11)23-15(25)16-22-12-5-6-24(4)9-13(12)28-16/h7,10H,5-6,8-9H2,1-4H3,(H,20,26)(H,19,21,23,25). The molecule has 10 heteroatoms. The van der Waals surface area contributed by atoms with Crippen molar-refractivity contribution in [2.45, 2.75) is 45.9 Å². The van der Waals surface area contributed by atoms with Gasteiger partial charge >= 0.3 is 6.09 Å². The number of alkyl carbamates (subject to hydrolysis) is 1. The van der Waals surface area contributed by atoms with Crippen LogP contribution in [0.15, 0.2) is 12.5 Å². The summed E-state index contributed by atoms with van der Waals surface area (Å²) in [5, 5.41) is 5.82. The summed E-state index contributed by atoms with van der Waals surface area (Å²) < 4.78 is 5.21. The van der Waals surface area contributed by atoms with E-state index in [9.17, 15) is 9.59 Å². The van der Waals surface area contributed by atoms with Gasteiger partial charge in [-0.15, -0.1) is 11.3 Å². The number of nitrogens with one attached hydrogen (secondary N) is 2. The lowest BCUT2D eigenvalue weighted by molar-refractivity contribution is 0.0523. The average molecular weight is 404 g/mol. The molecule has 150 valence electrons. The molecule has 2 N–H and O–H groups in total. The van der Waals surface area contributed by atoms with Crippen molar-refractivity contribution in [2.24, 2.45) is 0 Å². The van der Waals surface area contributed by atoms with E-state index in [1.54, 1.807) is 27.0 Å². The molecule has 2 aromatic heterocycles. The molecule has 1 aliphatic heterocycles. The Morgan fingerprint density at radius 3 is 2.89 bits per heavy atom. The van der Waals surface area contributed by atoms with Crippen LogP contribution in [0.2, 0.25) is 0 Å². The topological polar surface area (TPSA) is 109 Å². The Kier molecular flexibility index (Phi) is 5.90. The predicted molar refractivity (Wildman–Crippen MR) is 105 cm³/mol. The average Bonchev–Trinajstić information content (AvgIpc) is 3.03. The third-order valence-corrected chi connectivity index (χ3v) is 5.04. The molecule has 3 heterocycles. The zero-order valence-electron chi connectivity index (χ0n) is 16.4. The first-order valence-electron chi connectivity index (χ1n) is 8.95. The van der Waals surface area contributed by atoms with Gasteiger partial charge < -0.3 is 20.3 Å². The van der Waals surface area contributed by atoms with Crippen molar-refractivity contribution in [1.82, 2.24) is 25.2 Å². The van der Waals surface area contributed by atoms with Crippen molar-refractivity contribution in [2.75, 3.05) is 18.9 Å². The molecular formula is C18H24N6O3S. The second-order valence-electron chi connectivity index (χ2n) is 7.58. The van der Waals surface area contributed by atoms with E-state index in [1.807, 2.05) is 7.05 Å². The first kappa shape index (κ1) is 20.2. The lowest BCUT2D eigenvalue weighted by atomic mass is 10.2. The summed E-state index contributed by atoms with van der Waals surface area (Å²) in [4.78, 5) is 40.4. The molecule has 9 nitrogen and oxygen atoms in total. The fourth-order valence-corrected chi connectivity index (χ4v) is 3.75. The lowest BCUT2D eigenvalue weighted by Crippen LogP contribution is -2.32. The first-order chi connectivity index (χ1) is 13.2. The number of hydrogen-bond donors (Lipinski definition) is 2. The van der Waals surface area contributed by atoms with E-state index in [-0.39, 0.29) is 12.5 Å². The van der Waals surface area contributed by atoms with Crippen molar-refractivity contribution >= 4 is 29.2 Å². The van der Waals surface area contributed by atoms with E-state index in [1.165, 1.54) is 17.7 Å². The summed E-state index contributed by atoms with van der Waals surface area (Å²) in [7, 11) is 2.05. The van der Waals surface area contributed by atoms with Crippen LogP contribution in [-0.4, -0.2) is 51.0 Å². The smallest absolute Gasteiger partial charge is 0.407 e. The monoisotopic (exact) mass is 404 g/mol. The summed E-state index contributed by atoms with van der Waals surface area (Å²) in [6, 6.07) is 0. The van der Waals surface area contributed by atoms with E-state index in [4.69, 9.17) is 4.74 Å². The molecule has 2 amide bonds. The van der Waals surface area contributed by atoms with Gasteiger partial charge in [-0.1, -0.05) is 0 Å². The van der Waals surface area contributed by atoms with E-state index in [0.29, 0.717) is 16.4 Å². The van der Waals surface area contributed by atoms with E-state index >= 15 is 0 Å². The molecule has 3 rings (SSSR count). The second kappa shape index (κ2) is 8.19. The highest BCUT2D eigenvalue weighted by atomic mass is 32.1. The highest BCUT2D eigenvalue weighted by molar-refractivity contribution is 7.13. The maximum atomic E-state index is 12.6. The van der Waals surface area contributed by atoms with Crippen LogP contribution >= 0.6 is 11.3 Å². The van der Waals surface area contributed by atoms with Crippen LogP contribution in [0.25, 0.3) is 0 Å². The SMILES string of the molecule is CN1CCc2nc(C(=O)Nc3ncncc3CNC(=O)OC(C)(C)C)sc2C1. The summed E-state index contributed by atoms with van der Waals surface area (Å²) >= 11 is 1.40. The number of likely N-dealkylation sites (N-methyl/N-ethyl adjacent to an activating group) is 1. The Morgan fingerprint density at radius 2 is 2.14 bits per heavy atom. The highest BCUT2D eigenvalue weighted by Gasteiger charge is 2.22. The number of thiazole rings is 1. The molecule has 0 spiro atoms. The number of carbonyl (C=O) groups excluding carboxylic acids is 2. The van der Waals surface area contributed by atoms with Crippen molar-refractivity contribution in [1.29, 1.82) is 0 Å². The fourth-order valence-electron chi connectivity index (χ4n) is 2.66. The summed E-state index contributed by atoms with van der Waals surface area (Å²) in [5.41, 5.74) is 0.970. The van der Waals surface area contributed by atoms with Gasteiger partial charge in [0.25, 0.3) is 5.91 Å². The van der Waals surface area contributed by atoms with Crippen LogP contribution in [0, 0.1) is 0 Å². The van der Waals surface area contributed by atoms with Crippen LogP contribution in [0.5, 0.6) is 0 Å². The minimum atomic E-state index is -0.591.